The van der Waals surface area contributed by atoms with E-state index in [4.69, 9.17) is 4.74 Å². The Kier molecular flexibility index (Phi) is 5.22. The molecule has 146 valence electrons. The fourth-order valence-electron chi connectivity index (χ4n) is 3.13. The highest BCUT2D eigenvalue weighted by Crippen LogP contribution is 2.29. The van der Waals surface area contributed by atoms with Crippen LogP contribution in [0.5, 0.6) is 11.6 Å². The van der Waals surface area contributed by atoms with Crippen LogP contribution in [0.3, 0.4) is 0 Å². The Labute approximate surface area is 165 Å². The molecular formula is C18H20N6O3S. The molecule has 0 bridgehead atoms. The van der Waals surface area contributed by atoms with E-state index in [-0.39, 0.29) is 11.8 Å². The Balaban J connectivity index is 1.34. The lowest BCUT2D eigenvalue weighted by Gasteiger charge is -2.34. The van der Waals surface area contributed by atoms with Crippen molar-refractivity contribution in [3.63, 3.8) is 0 Å². The Morgan fingerprint density at radius 2 is 2.11 bits per heavy atom. The zero-order valence-corrected chi connectivity index (χ0v) is 16.1. The zero-order valence-electron chi connectivity index (χ0n) is 15.3. The van der Waals surface area contributed by atoms with Crippen molar-refractivity contribution in [3.8, 4) is 11.6 Å². The van der Waals surface area contributed by atoms with Gasteiger partial charge >= 0.3 is 6.03 Å². The van der Waals surface area contributed by atoms with E-state index in [9.17, 15) is 9.90 Å². The molecule has 1 aliphatic rings. The predicted octanol–water partition coefficient (Wildman–Crippen LogP) is 2.15. The number of amides is 2. The van der Waals surface area contributed by atoms with E-state index >= 15 is 0 Å². The van der Waals surface area contributed by atoms with Crippen LogP contribution in [0.15, 0.2) is 30.6 Å². The first kappa shape index (κ1) is 18.4. The molecule has 0 spiro atoms. The number of urea groups is 1. The van der Waals surface area contributed by atoms with Crippen molar-refractivity contribution in [1.82, 2.24) is 24.8 Å². The number of rotatable bonds is 4. The smallest absolute Gasteiger partial charge is 0.323 e. The van der Waals surface area contributed by atoms with Gasteiger partial charge in [-0.05, 0) is 17.7 Å². The summed E-state index contributed by atoms with van der Waals surface area (Å²) in [6, 6.07) is 7.08. The fraction of sp³-hybridized carbons (Fsp3) is 0.333. The molecule has 2 aromatic heterocycles. The van der Waals surface area contributed by atoms with E-state index in [2.05, 4.69) is 25.2 Å². The van der Waals surface area contributed by atoms with Gasteiger partial charge in [-0.25, -0.2) is 14.8 Å². The summed E-state index contributed by atoms with van der Waals surface area (Å²) in [6.07, 6.45) is 1.41. The van der Waals surface area contributed by atoms with Gasteiger partial charge in [-0.2, -0.15) is 4.98 Å². The number of benzene rings is 1. The molecule has 0 radical (unpaired) electrons. The highest BCUT2D eigenvalue weighted by atomic mass is 32.1. The number of aromatic hydroxyl groups is 1. The van der Waals surface area contributed by atoms with E-state index < -0.39 is 0 Å². The number of phenolic OH excluding ortho intramolecular Hbond substituents is 1. The van der Waals surface area contributed by atoms with E-state index in [1.807, 2.05) is 12.1 Å². The molecule has 9 nitrogen and oxygen atoms in total. The van der Waals surface area contributed by atoms with Crippen molar-refractivity contribution in [2.75, 3.05) is 38.6 Å². The maximum atomic E-state index is 12.6. The van der Waals surface area contributed by atoms with Crippen LogP contribution in [0.2, 0.25) is 0 Å². The number of thiazole rings is 1. The van der Waals surface area contributed by atoms with Crippen molar-refractivity contribution in [2.45, 2.75) is 6.54 Å². The van der Waals surface area contributed by atoms with Gasteiger partial charge in [-0.15, -0.1) is 0 Å². The van der Waals surface area contributed by atoms with Crippen LogP contribution in [0.25, 0.3) is 10.3 Å². The van der Waals surface area contributed by atoms with Crippen molar-refractivity contribution < 1.29 is 14.6 Å². The van der Waals surface area contributed by atoms with Crippen LogP contribution >= 0.6 is 11.3 Å². The normalized spacial score (nSPS) is 15.0. The van der Waals surface area contributed by atoms with Crippen LogP contribution in [0, 0.1) is 0 Å². The third kappa shape index (κ3) is 3.97. The maximum Gasteiger partial charge on any atom is 0.323 e. The minimum atomic E-state index is -0.178. The summed E-state index contributed by atoms with van der Waals surface area (Å²) in [5.41, 5.74) is 1.60. The Hall–Kier alpha value is -2.98. The largest absolute Gasteiger partial charge is 0.508 e. The van der Waals surface area contributed by atoms with Gasteiger partial charge in [0, 0.05) is 32.7 Å². The number of hydrogen-bond donors (Lipinski definition) is 2. The van der Waals surface area contributed by atoms with Crippen molar-refractivity contribution in [3.05, 3.63) is 36.2 Å². The number of piperazine rings is 1. The van der Waals surface area contributed by atoms with Crippen LogP contribution in [-0.2, 0) is 6.54 Å². The van der Waals surface area contributed by atoms with Gasteiger partial charge < -0.3 is 14.7 Å². The predicted molar refractivity (Wildman–Crippen MR) is 106 cm³/mol. The number of aromatic nitrogens is 3. The first-order chi connectivity index (χ1) is 13.6. The molecule has 1 aromatic carbocycles. The minimum Gasteiger partial charge on any atom is -0.508 e. The summed E-state index contributed by atoms with van der Waals surface area (Å²) in [6.45, 7) is 3.53. The Morgan fingerprint density at radius 3 is 2.86 bits per heavy atom. The molecule has 0 aliphatic carbocycles. The van der Waals surface area contributed by atoms with E-state index in [0.717, 1.165) is 25.2 Å². The quantitative estimate of drug-likeness (QED) is 0.691. The SMILES string of the molecule is COc1ncnc2sc(NC(=O)N3CCN(Cc4cccc(O)c4)CC3)nc12. The summed E-state index contributed by atoms with van der Waals surface area (Å²) in [7, 11) is 1.52. The molecule has 4 rings (SSSR count). The van der Waals surface area contributed by atoms with Gasteiger partial charge in [0.05, 0.1) is 7.11 Å². The number of ether oxygens (including phenoxy) is 1. The number of methoxy groups -OCH3 is 1. The average Bonchev–Trinajstić information content (AvgIpc) is 3.11. The highest BCUT2D eigenvalue weighted by molar-refractivity contribution is 7.22. The number of carbonyl (C=O) groups is 1. The number of fused-ring (bicyclic) bond motifs is 1. The molecule has 3 heterocycles. The third-order valence-corrected chi connectivity index (χ3v) is 5.42. The first-order valence-electron chi connectivity index (χ1n) is 8.84. The summed E-state index contributed by atoms with van der Waals surface area (Å²) in [5, 5.41) is 12.9. The van der Waals surface area contributed by atoms with Crippen LogP contribution in [-0.4, -0.2) is 69.2 Å². The molecule has 1 aliphatic heterocycles. The Morgan fingerprint density at radius 1 is 1.29 bits per heavy atom. The second kappa shape index (κ2) is 7.95. The first-order valence-corrected chi connectivity index (χ1v) is 9.66. The molecule has 3 aromatic rings. The molecule has 0 saturated carbocycles. The lowest BCUT2D eigenvalue weighted by molar-refractivity contribution is 0.143. The minimum absolute atomic E-state index is 0.178. The number of phenols is 1. The number of nitrogens with zero attached hydrogens (tertiary/aromatic N) is 5. The standard InChI is InChI=1S/C18H20N6O3S/c1-27-15-14-16(20-11-19-15)28-17(21-14)22-18(26)24-7-5-23(6-8-24)10-12-3-2-4-13(25)9-12/h2-4,9,11,25H,5-8,10H2,1H3,(H,21,22,26). The molecule has 1 fully saturated rings. The van der Waals surface area contributed by atoms with Crippen LogP contribution in [0.4, 0.5) is 9.93 Å². The van der Waals surface area contributed by atoms with E-state index in [1.54, 1.807) is 17.0 Å². The maximum absolute atomic E-state index is 12.6. The topological polar surface area (TPSA) is 104 Å². The van der Waals surface area contributed by atoms with E-state index in [1.165, 1.54) is 24.8 Å². The number of nitrogens with one attached hydrogen (secondary N) is 1. The van der Waals surface area contributed by atoms with Gasteiger partial charge in [-0.1, -0.05) is 23.5 Å². The fourth-order valence-corrected chi connectivity index (χ4v) is 3.92. The molecule has 10 heteroatoms. The zero-order chi connectivity index (χ0) is 19.5. The van der Waals surface area contributed by atoms with Crippen molar-refractivity contribution in [2.24, 2.45) is 0 Å². The molecule has 2 amide bonds. The van der Waals surface area contributed by atoms with E-state index in [0.29, 0.717) is 34.4 Å². The lowest BCUT2D eigenvalue weighted by Crippen LogP contribution is -2.49. The van der Waals surface area contributed by atoms with Gasteiger partial charge in [0.2, 0.25) is 5.88 Å². The second-order valence-electron chi connectivity index (χ2n) is 6.42. The summed E-state index contributed by atoms with van der Waals surface area (Å²) < 4.78 is 5.18. The molecule has 2 N–H and O–H groups in total. The lowest BCUT2D eigenvalue weighted by atomic mass is 10.2. The molecule has 28 heavy (non-hydrogen) atoms. The summed E-state index contributed by atoms with van der Waals surface area (Å²) in [5.74, 6) is 0.662. The monoisotopic (exact) mass is 400 g/mol. The molecule has 0 atom stereocenters. The number of hydrogen-bond acceptors (Lipinski definition) is 8. The van der Waals surface area contributed by atoms with Crippen LogP contribution in [0.1, 0.15) is 5.56 Å². The summed E-state index contributed by atoms with van der Waals surface area (Å²) >= 11 is 1.29. The molecule has 0 unspecified atom stereocenters. The van der Waals surface area contributed by atoms with Gasteiger partial charge in [0.25, 0.3) is 0 Å². The highest BCUT2D eigenvalue weighted by Gasteiger charge is 2.22. The molecule has 1 saturated heterocycles. The second-order valence-corrected chi connectivity index (χ2v) is 7.40. The average molecular weight is 400 g/mol. The third-order valence-electron chi connectivity index (χ3n) is 4.55. The summed E-state index contributed by atoms with van der Waals surface area (Å²) in [4.78, 5) is 29.8. The van der Waals surface area contributed by atoms with Gasteiger partial charge in [-0.3, -0.25) is 10.2 Å². The number of carbonyl (C=O) groups excluding carboxylic acids is 1. The number of anilines is 1. The molecular weight excluding hydrogens is 380 g/mol. The van der Waals surface area contributed by atoms with Crippen LogP contribution < -0.4 is 10.1 Å². The van der Waals surface area contributed by atoms with Gasteiger partial charge in [0.15, 0.2) is 15.5 Å². The van der Waals surface area contributed by atoms with Gasteiger partial charge in [0.1, 0.15) is 12.1 Å². The van der Waals surface area contributed by atoms with Crippen molar-refractivity contribution >= 4 is 32.8 Å². The Bertz CT molecular complexity index is 986. The van der Waals surface area contributed by atoms with Crippen molar-refractivity contribution in [1.29, 1.82) is 0 Å².